The molecule has 0 saturated heterocycles. The lowest BCUT2D eigenvalue weighted by atomic mass is 9.40. The number of carbonyl (C=O) groups excluding carboxylic acids is 1. The number of hydrogen-bond donors (Lipinski definition) is 2. The fraction of sp³-hybridized carbons (Fsp3) is 0.364. The van der Waals surface area contributed by atoms with E-state index in [1.807, 2.05) is 0 Å². The molecule has 2 aromatic carbocycles. The summed E-state index contributed by atoms with van der Waals surface area (Å²) < 4.78 is 52.3. The van der Waals surface area contributed by atoms with Crippen LogP contribution in [0.2, 0.25) is 0 Å². The molecule has 2 bridgehead atoms. The van der Waals surface area contributed by atoms with Gasteiger partial charge in [0.25, 0.3) is 15.9 Å². The zero-order valence-electron chi connectivity index (χ0n) is 17.7. The Balaban J connectivity index is 1.57. The van der Waals surface area contributed by atoms with Gasteiger partial charge in [-0.3, -0.25) is 9.52 Å². The highest BCUT2D eigenvalue weighted by molar-refractivity contribution is 7.92. The Kier molecular flexibility index (Phi) is 5.10. The lowest BCUT2D eigenvalue weighted by molar-refractivity contribution is -0.102. The Morgan fingerprint density at radius 3 is 2.19 bits per heavy atom. The van der Waals surface area contributed by atoms with Gasteiger partial charge in [0.1, 0.15) is 0 Å². The van der Waals surface area contributed by atoms with Crippen molar-refractivity contribution in [2.45, 2.75) is 48.4 Å². The zero-order chi connectivity index (χ0) is 23.4. The molecule has 1 amide bonds. The van der Waals surface area contributed by atoms with E-state index in [1.165, 1.54) is 31.2 Å². The standard InChI is InChI=1S/C22H23N3O5S2/c1-3-31(27,28)16-5-7-17(8-6-16)32(29,30)25-19-10-15(2)4-9-18(19)20(26)24-22-11-21(12-22,13-22)14-23/h4-10,25H,3,11-13H2,1-2H3,(H,24,26). The van der Waals surface area contributed by atoms with Crippen LogP contribution in [0.1, 0.15) is 42.1 Å². The second-order valence-electron chi connectivity index (χ2n) is 8.69. The molecular formula is C22H23N3O5S2. The number of sulfonamides is 1. The maximum atomic E-state index is 12.9. The maximum Gasteiger partial charge on any atom is 0.261 e. The number of rotatable bonds is 7. The number of anilines is 1. The van der Waals surface area contributed by atoms with Crippen molar-refractivity contribution in [3.63, 3.8) is 0 Å². The number of hydrogen-bond acceptors (Lipinski definition) is 6. The van der Waals surface area contributed by atoms with E-state index < -0.39 is 25.8 Å². The van der Waals surface area contributed by atoms with Gasteiger partial charge in [0.2, 0.25) is 0 Å². The number of aryl methyl sites for hydroxylation is 1. The Morgan fingerprint density at radius 1 is 1.03 bits per heavy atom. The summed E-state index contributed by atoms with van der Waals surface area (Å²) >= 11 is 0. The third-order valence-electron chi connectivity index (χ3n) is 6.18. The first-order chi connectivity index (χ1) is 14.9. The molecule has 2 N–H and O–H groups in total. The van der Waals surface area contributed by atoms with Crippen molar-refractivity contribution < 1.29 is 21.6 Å². The van der Waals surface area contributed by atoms with Gasteiger partial charge in [-0.05, 0) is 68.1 Å². The lowest BCUT2D eigenvalue weighted by Gasteiger charge is -2.66. The van der Waals surface area contributed by atoms with Crippen LogP contribution in [0.5, 0.6) is 0 Å². The summed E-state index contributed by atoms with van der Waals surface area (Å²) in [6.07, 6.45) is 1.84. The molecule has 5 rings (SSSR count). The monoisotopic (exact) mass is 473 g/mol. The predicted octanol–water partition coefficient (Wildman–Crippen LogP) is 2.77. The number of benzene rings is 2. The molecule has 0 radical (unpaired) electrons. The predicted molar refractivity (Wildman–Crippen MR) is 118 cm³/mol. The van der Waals surface area contributed by atoms with Crippen molar-refractivity contribution in [1.82, 2.24) is 5.32 Å². The minimum Gasteiger partial charge on any atom is -0.346 e. The minimum atomic E-state index is -4.06. The fourth-order valence-corrected chi connectivity index (χ4v) is 6.44. The lowest BCUT2D eigenvalue weighted by Crippen LogP contribution is -2.74. The Morgan fingerprint density at radius 2 is 1.62 bits per heavy atom. The van der Waals surface area contributed by atoms with Crippen molar-refractivity contribution in [1.29, 1.82) is 5.26 Å². The Hall–Kier alpha value is -2.90. The quantitative estimate of drug-likeness (QED) is 0.635. The van der Waals surface area contributed by atoms with E-state index in [1.54, 1.807) is 25.1 Å². The summed E-state index contributed by atoms with van der Waals surface area (Å²) in [6.45, 7) is 3.29. The Labute approximate surface area is 187 Å². The van der Waals surface area contributed by atoms with E-state index in [0.717, 1.165) is 5.56 Å². The molecule has 0 unspecified atom stereocenters. The largest absolute Gasteiger partial charge is 0.346 e. The average Bonchev–Trinajstić information content (AvgIpc) is 2.69. The van der Waals surface area contributed by atoms with Crippen LogP contribution in [0.3, 0.4) is 0 Å². The highest BCUT2D eigenvalue weighted by Gasteiger charge is 2.69. The normalized spacial score (nSPS) is 23.9. The van der Waals surface area contributed by atoms with Gasteiger partial charge in [0, 0.05) is 5.54 Å². The molecule has 168 valence electrons. The van der Waals surface area contributed by atoms with Crippen molar-refractivity contribution in [3.05, 3.63) is 53.6 Å². The van der Waals surface area contributed by atoms with Gasteiger partial charge in [-0.2, -0.15) is 5.26 Å². The van der Waals surface area contributed by atoms with Gasteiger partial charge in [-0.25, -0.2) is 16.8 Å². The van der Waals surface area contributed by atoms with Gasteiger partial charge >= 0.3 is 0 Å². The van der Waals surface area contributed by atoms with Gasteiger partial charge in [0.15, 0.2) is 9.84 Å². The molecule has 10 heteroatoms. The summed E-state index contributed by atoms with van der Waals surface area (Å²) in [5.41, 5.74) is 0.378. The number of nitrogens with one attached hydrogen (secondary N) is 2. The molecular weight excluding hydrogens is 450 g/mol. The van der Waals surface area contributed by atoms with Crippen LogP contribution < -0.4 is 10.0 Å². The zero-order valence-corrected chi connectivity index (χ0v) is 19.3. The average molecular weight is 474 g/mol. The molecule has 0 aromatic heterocycles. The van der Waals surface area contributed by atoms with E-state index in [2.05, 4.69) is 16.1 Å². The van der Waals surface area contributed by atoms with Crippen LogP contribution >= 0.6 is 0 Å². The van der Waals surface area contributed by atoms with E-state index >= 15 is 0 Å². The first kappa shape index (κ1) is 22.3. The smallest absolute Gasteiger partial charge is 0.261 e. The molecule has 2 aromatic rings. The summed E-state index contributed by atoms with van der Waals surface area (Å²) in [7, 11) is -7.51. The van der Waals surface area contributed by atoms with Crippen molar-refractivity contribution >= 4 is 31.5 Å². The molecule has 3 fully saturated rings. The van der Waals surface area contributed by atoms with Gasteiger partial charge < -0.3 is 5.32 Å². The van der Waals surface area contributed by atoms with Crippen LogP contribution in [-0.4, -0.2) is 34.0 Å². The van der Waals surface area contributed by atoms with Crippen molar-refractivity contribution in [3.8, 4) is 6.07 Å². The molecule has 0 heterocycles. The third kappa shape index (κ3) is 3.76. The summed E-state index contributed by atoms with van der Waals surface area (Å²) in [5.74, 6) is -0.492. The molecule has 32 heavy (non-hydrogen) atoms. The van der Waals surface area contributed by atoms with E-state index in [-0.39, 0.29) is 37.7 Å². The fourth-order valence-electron chi connectivity index (χ4n) is 4.48. The van der Waals surface area contributed by atoms with Crippen LogP contribution in [0, 0.1) is 23.7 Å². The van der Waals surface area contributed by atoms with Crippen LogP contribution in [0.15, 0.2) is 52.3 Å². The van der Waals surface area contributed by atoms with E-state index in [0.29, 0.717) is 19.3 Å². The molecule has 0 aliphatic heterocycles. The van der Waals surface area contributed by atoms with Gasteiger partial charge in [-0.1, -0.05) is 13.0 Å². The summed E-state index contributed by atoms with van der Waals surface area (Å²) in [4.78, 5) is 12.8. The highest BCUT2D eigenvalue weighted by atomic mass is 32.2. The number of nitrogens with zero attached hydrogens (tertiary/aromatic N) is 1. The Bertz CT molecular complexity index is 1340. The van der Waals surface area contributed by atoms with Crippen molar-refractivity contribution in [2.75, 3.05) is 10.5 Å². The molecule has 8 nitrogen and oxygen atoms in total. The first-order valence-corrected chi connectivity index (χ1v) is 13.3. The van der Waals surface area contributed by atoms with E-state index in [4.69, 9.17) is 5.26 Å². The maximum absolute atomic E-state index is 12.9. The molecule has 3 saturated carbocycles. The molecule has 3 aliphatic carbocycles. The van der Waals surface area contributed by atoms with E-state index in [9.17, 15) is 21.6 Å². The van der Waals surface area contributed by atoms with Crippen LogP contribution in [0.4, 0.5) is 5.69 Å². The van der Waals surface area contributed by atoms with Gasteiger partial charge in [0.05, 0.1) is 38.3 Å². The minimum absolute atomic E-state index is 0.0447. The number of carbonyl (C=O) groups is 1. The summed E-state index contributed by atoms with van der Waals surface area (Å²) in [5, 5.41) is 12.1. The SMILES string of the molecule is CCS(=O)(=O)c1ccc(S(=O)(=O)Nc2cc(C)ccc2C(=O)NC23CC(C#N)(C2)C3)cc1. The van der Waals surface area contributed by atoms with Crippen molar-refractivity contribution in [2.24, 2.45) is 5.41 Å². The number of nitriles is 1. The third-order valence-corrected chi connectivity index (χ3v) is 9.32. The van der Waals surface area contributed by atoms with Gasteiger partial charge in [-0.15, -0.1) is 0 Å². The van der Waals surface area contributed by atoms with Crippen LogP contribution in [-0.2, 0) is 19.9 Å². The summed E-state index contributed by atoms with van der Waals surface area (Å²) in [6, 6.07) is 12.1. The number of amides is 1. The molecule has 0 atom stereocenters. The first-order valence-electron chi connectivity index (χ1n) is 10.1. The second-order valence-corrected chi connectivity index (χ2v) is 12.6. The van der Waals surface area contributed by atoms with Crippen LogP contribution in [0.25, 0.3) is 0 Å². The highest BCUT2D eigenvalue weighted by Crippen LogP contribution is 2.66. The topological polar surface area (TPSA) is 133 Å². The number of sulfone groups is 1. The molecule has 0 spiro atoms. The second kappa shape index (κ2) is 7.32. The molecule has 3 aliphatic rings.